The first kappa shape index (κ1) is 11.4. The van der Waals surface area contributed by atoms with Crippen LogP contribution in [0, 0.1) is 0 Å². The normalized spacial score (nSPS) is 10.2. The Morgan fingerprint density at radius 1 is 1.41 bits per heavy atom. The van der Waals surface area contributed by atoms with Crippen molar-refractivity contribution in [3.05, 3.63) is 36.2 Å². The molecule has 2 heterocycles. The van der Waals surface area contributed by atoms with Gasteiger partial charge in [0.1, 0.15) is 5.76 Å². The molecule has 0 aliphatic carbocycles. The van der Waals surface area contributed by atoms with Crippen LogP contribution in [-0.2, 0) is 13.0 Å². The van der Waals surface area contributed by atoms with E-state index in [1.165, 1.54) is 0 Å². The fourth-order valence-corrected chi connectivity index (χ4v) is 1.44. The SMILES string of the molecule is CCc1cnc(CNc2ncccc2OC)o1. The lowest BCUT2D eigenvalue weighted by molar-refractivity contribution is 0.414. The number of ether oxygens (including phenoxy) is 1. The zero-order valence-corrected chi connectivity index (χ0v) is 9.93. The van der Waals surface area contributed by atoms with Crippen LogP contribution in [0.25, 0.3) is 0 Å². The monoisotopic (exact) mass is 233 g/mol. The Labute approximate surface area is 99.8 Å². The molecule has 0 radical (unpaired) electrons. The molecule has 0 aromatic carbocycles. The number of oxazole rings is 1. The fraction of sp³-hybridized carbons (Fsp3) is 0.333. The molecule has 2 rings (SSSR count). The first-order chi connectivity index (χ1) is 8.33. The van der Waals surface area contributed by atoms with Gasteiger partial charge in [-0.05, 0) is 12.1 Å². The van der Waals surface area contributed by atoms with E-state index in [-0.39, 0.29) is 0 Å². The molecule has 0 spiro atoms. The molecule has 17 heavy (non-hydrogen) atoms. The lowest BCUT2D eigenvalue weighted by atomic mass is 10.4. The lowest BCUT2D eigenvalue weighted by Gasteiger charge is -2.07. The van der Waals surface area contributed by atoms with E-state index in [4.69, 9.17) is 9.15 Å². The number of rotatable bonds is 5. The van der Waals surface area contributed by atoms with Gasteiger partial charge in [0.2, 0.25) is 5.89 Å². The standard InChI is InChI=1S/C12H15N3O2/c1-3-9-7-14-11(17-9)8-15-12-10(16-2)5-4-6-13-12/h4-7H,3,8H2,1-2H3,(H,13,15). The van der Waals surface area contributed by atoms with Crippen LogP contribution in [0.3, 0.4) is 0 Å². The Morgan fingerprint density at radius 2 is 2.29 bits per heavy atom. The smallest absolute Gasteiger partial charge is 0.213 e. The van der Waals surface area contributed by atoms with Gasteiger partial charge in [0, 0.05) is 12.6 Å². The number of nitrogens with zero attached hydrogens (tertiary/aromatic N) is 2. The summed E-state index contributed by atoms with van der Waals surface area (Å²) in [5.41, 5.74) is 0. The van der Waals surface area contributed by atoms with Crippen molar-refractivity contribution in [1.82, 2.24) is 9.97 Å². The molecular formula is C12H15N3O2. The highest BCUT2D eigenvalue weighted by molar-refractivity contribution is 5.49. The topological polar surface area (TPSA) is 60.2 Å². The average Bonchev–Trinajstić information content (AvgIpc) is 2.84. The number of anilines is 1. The van der Waals surface area contributed by atoms with Gasteiger partial charge in [-0.1, -0.05) is 6.92 Å². The number of hydrogen-bond acceptors (Lipinski definition) is 5. The van der Waals surface area contributed by atoms with Gasteiger partial charge >= 0.3 is 0 Å². The summed E-state index contributed by atoms with van der Waals surface area (Å²) in [5.74, 6) is 2.92. The first-order valence-electron chi connectivity index (χ1n) is 5.50. The highest BCUT2D eigenvalue weighted by Gasteiger charge is 2.05. The number of aromatic nitrogens is 2. The Hall–Kier alpha value is -2.04. The minimum absolute atomic E-state index is 0.493. The molecular weight excluding hydrogens is 218 g/mol. The average molecular weight is 233 g/mol. The van der Waals surface area contributed by atoms with E-state index >= 15 is 0 Å². The second-order valence-corrected chi connectivity index (χ2v) is 3.48. The maximum Gasteiger partial charge on any atom is 0.213 e. The Kier molecular flexibility index (Phi) is 3.59. The van der Waals surface area contributed by atoms with Crippen LogP contribution in [0.15, 0.2) is 28.9 Å². The predicted octanol–water partition coefficient (Wildman–Crippen LogP) is 2.25. The van der Waals surface area contributed by atoms with Crippen molar-refractivity contribution in [3.8, 4) is 5.75 Å². The molecule has 0 unspecified atom stereocenters. The Morgan fingerprint density at radius 3 is 3.00 bits per heavy atom. The fourth-order valence-electron chi connectivity index (χ4n) is 1.44. The molecule has 0 saturated heterocycles. The molecule has 0 fully saturated rings. The maximum atomic E-state index is 5.49. The molecule has 0 bridgehead atoms. The maximum absolute atomic E-state index is 5.49. The van der Waals surface area contributed by atoms with Gasteiger partial charge in [0.25, 0.3) is 0 Å². The molecule has 0 atom stereocenters. The van der Waals surface area contributed by atoms with Gasteiger partial charge in [-0.25, -0.2) is 9.97 Å². The largest absolute Gasteiger partial charge is 0.493 e. The van der Waals surface area contributed by atoms with Crippen molar-refractivity contribution in [2.24, 2.45) is 0 Å². The van der Waals surface area contributed by atoms with Crippen molar-refractivity contribution in [1.29, 1.82) is 0 Å². The summed E-state index contributed by atoms with van der Waals surface area (Å²) in [6, 6.07) is 3.67. The minimum atomic E-state index is 0.493. The van der Waals surface area contributed by atoms with E-state index in [0.29, 0.717) is 24.0 Å². The number of aryl methyl sites for hydroxylation is 1. The number of hydrogen-bond donors (Lipinski definition) is 1. The molecule has 2 aromatic heterocycles. The molecule has 0 aliphatic heterocycles. The summed E-state index contributed by atoms with van der Waals surface area (Å²) < 4.78 is 10.7. The number of nitrogens with one attached hydrogen (secondary N) is 1. The lowest BCUT2D eigenvalue weighted by Crippen LogP contribution is -2.03. The molecule has 90 valence electrons. The third-order valence-corrected chi connectivity index (χ3v) is 2.35. The van der Waals surface area contributed by atoms with Crippen LogP contribution in [0.2, 0.25) is 0 Å². The van der Waals surface area contributed by atoms with Crippen molar-refractivity contribution < 1.29 is 9.15 Å². The summed E-state index contributed by atoms with van der Waals surface area (Å²) in [4.78, 5) is 8.35. The van der Waals surface area contributed by atoms with Crippen LogP contribution < -0.4 is 10.1 Å². The highest BCUT2D eigenvalue weighted by atomic mass is 16.5. The van der Waals surface area contributed by atoms with E-state index in [9.17, 15) is 0 Å². The van der Waals surface area contributed by atoms with Crippen molar-refractivity contribution in [3.63, 3.8) is 0 Å². The zero-order chi connectivity index (χ0) is 12.1. The summed E-state index contributed by atoms with van der Waals surface area (Å²) in [5, 5.41) is 3.13. The van der Waals surface area contributed by atoms with Crippen LogP contribution >= 0.6 is 0 Å². The zero-order valence-electron chi connectivity index (χ0n) is 9.93. The van der Waals surface area contributed by atoms with E-state index in [2.05, 4.69) is 15.3 Å². The number of pyridine rings is 1. The predicted molar refractivity (Wildman–Crippen MR) is 64.0 cm³/mol. The molecule has 0 amide bonds. The summed E-state index contributed by atoms with van der Waals surface area (Å²) in [6.45, 7) is 2.52. The van der Waals surface area contributed by atoms with Crippen LogP contribution in [0.1, 0.15) is 18.6 Å². The van der Waals surface area contributed by atoms with Gasteiger partial charge in [0.15, 0.2) is 11.6 Å². The quantitative estimate of drug-likeness (QED) is 0.858. The third kappa shape index (κ3) is 2.75. The van der Waals surface area contributed by atoms with Crippen molar-refractivity contribution in [2.45, 2.75) is 19.9 Å². The van der Waals surface area contributed by atoms with E-state index in [1.54, 1.807) is 19.5 Å². The van der Waals surface area contributed by atoms with Crippen molar-refractivity contribution in [2.75, 3.05) is 12.4 Å². The summed E-state index contributed by atoms with van der Waals surface area (Å²) in [6.07, 6.45) is 4.30. The first-order valence-corrected chi connectivity index (χ1v) is 5.50. The molecule has 0 aliphatic rings. The van der Waals surface area contributed by atoms with Gasteiger partial charge in [-0.15, -0.1) is 0 Å². The Balaban J connectivity index is 2.01. The van der Waals surface area contributed by atoms with Gasteiger partial charge in [0.05, 0.1) is 19.9 Å². The minimum Gasteiger partial charge on any atom is -0.493 e. The molecule has 1 N–H and O–H groups in total. The summed E-state index contributed by atoms with van der Waals surface area (Å²) in [7, 11) is 1.61. The molecule has 5 nitrogen and oxygen atoms in total. The van der Waals surface area contributed by atoms with Crippen LogP contribution in [0.5, 0.6) is 5.75 Å². The molecule has 2 aromatic rings. The van der Waals surface area contributed by atoms with E-state index in [0.717, 1.165) is 12.2 Å². The van der Waals surface area contributed by atoms with Crippen molar-refractivity contribution >= 4 is 5.82 Å². The van der Waals surface area contributed by atoms with Gasteiger partial charge in [-0.3, -0.25) is 0 Å². The van der Waals surface area contributed by atoms with Crippen LogP contribution in [-0.4, -0.2) is 17.1 Å². The van der Waals surface area contributed by atoms with E-state index in [1.807, 2.05) is 19.1 Å². The summed E-state index contributed by atoms with van der Waals surface area (Å²) >= 11 is 0. The van der Waals surface area contributed by atoms with E-state index < -0.39 is 0 Å². The second kappa shape index (κ2) is 5.34. The highest BCUT2D eigenvalue weighted by Crippen LogP contribution is 2.20. The van der Waals surface area contributed by atoms with Gasteiger partial charge in [-0.2, -0.15) is 0 Å². The molecule has 5 heteroatoms. The molecule has 0 saturated carbocycles. The number of methoxy groups -OCH3 is 1. The third-order valence-electron chi connectivity index (χ3n) is 2.35. The Bertz CT molecular complexity index is 482. The van der Waals surface area contributed by atoms with Crippen LogP contribution in [0.4, 0.5) is 5.82 Å². The van der Waals surface area contributed by atoms with Gasteiger partial charge < -0.3 is 14.5 Å². The second-order valence-electron chi connectivity index (χ2n) is 3.48.